The molecule has 0 unspecified atom stereocenters. The number of halogens is 2. The molecular weight excluding hydrogens is 382 g/mol. The number of hydrogen-bond donors (Lipinski definition) is 3. The normalized spacial score (nSPS) is 11.2. The number of hydrazine groups is 1. The Labute approximate surface area is 135 Å². The Bertz CT molecular complexity index is 784. The lowest BCUT2D eigenvalue weighted by Gasteiger charge is -2.09. The van der Waals surface area contributed by atoms with Crippen molar-refractivity contribution < 1.29 is 8.42 Å². The second kappa shape index (κ2) is 6.14. The summed E-state index contributed by atoms with van der Waals surface area (Å²) in [4.78, 5) is 7.85. The Morgan fingerprint density at radius 3 is 2.67 bits per heavy atom. The zero-order chi connectivity index (χ0) is 15.6. The number of sulfonamides is 1. The quantitative estimate of drug-likeness (QED) is 0.544. The Kier molecular flexibility index (Phi) is 4.67. The van der Waals surface area contributed by atoms with E-state index in [1.807, 2.05) is 0 Å². The fourth-order valence-electron chi connectivity index (χ4n) is 1.47. The van der Waals surface area contributed by atoms with Crippen LogP contribution in [0.1, 0.15) is 5.69 Å². The number of aryl methyl sites for hydroxylation is 1. The van der Waals surface area contributed by atoms with Crippen LogP contribution in [-0.4, -0.2) is 18.4 Å². The summed E-state index contributed by atoms with van der Waals surface area (Å²) in [6.45, 7) is 1.75. The van der Waals surface area contributed by atoms with Crippen LogP contribution in [0.3, 0.4) is 0 Å². The molecule has 0 radical (unpaired) electrons. The van der Waals surface area contributed by atoms with Gasteiger partial charge in [-0.05, 0) is 41.1 Å². The van der Waals surface area contributed by atoms with Gasteiger partial charge in [-0.25, -0.2) is 24.2 Å². The average molecular weight is 393 g/mol. The van der Waals surface area contributed by atoms with Gasteiger partial charge >= 0.3 is 0 Å². The topological polar surface area (TPSA) is 110 Å². The minimum atomic E-state index is -3.83. The second-order valence-electron chi connectivity index (χ2n) is 4.02. The Morgan fingerprint density at radius 2 is 2.10 bits per heavy atom. The van der Waals surface area contributed by atoms with Gasteiger partial charge in [-0.2, -0.15) is 0 Å². The van der Waals surface area contributed by atoms with Gasteiger partial charge in [0.1, 0.15) is 10.7 Å². The molecule has 0 aliphatic heterocycles. The van der Waals surface area contributed by atoms with Gasteiger partial charge in [-0.1, -0.05) is 11.6 Å². The van der Waals surface area contributed by atoms with E-state index >= 15 is 0 Å². The summed E-state index contributed by atoms with van der Waals surface area (Å²) in [7, 11) is -3.83. The van der Waals surface area contributed by atoms with Crippen molar-refractivity contribution >= 4 is 49.2 Å². The number of rotatable bonds is 4. The van der Waals surface area contributed by atoms with E-state index in [2.05, 4.69) is 36.0 Å². The first-order chi connectivity index (χ1) is 9.83. The van der Waals surface area contributed by atoms with Crippen molar-refractivity contribution in [3.63, 3.8) is 0 Å². The molecule has 7 nitrogen and oxygen atoms in total. The molecule has 0 fully saturated rings. The third-order valence-corrected chi connectivity index (χ3v) is 4.97. The molecular formula is C11H11BrClN5O2S. The maximum atomic E-state index is 12.2. The van der Waals surface area contributed by atoms with E-state index in [-0.39, 0.29) is 21.6 Å². The number of aromatic nitrogens is 2. The summed E-state index contributed by atoms with van der Waals surface area (Å²) < 4.78 is 27.6. The van der Waals surface area contributed by atoms with Crippen LogP contribution in [0.25, 0.3) is 0 Å². The SMILES string of the molecule is Cc1nc(NS(=O)(=O)c2cnc(NN)c(Cl)c2)ccc1Br. The molecule has 112 valence electrons. The molecule has 2 aromatic heterocycles. The smallest absolute Gasteiger partial charge is 0.264 e. The van der Waals surface area contributed by atoms with Crippen LogP contribution in [0, 0.1) is 6.92 Å². The number of nitrogen functional groups attached to an aromatic ring is 1. The maximum absolute atomic E-state index is 12.2. The Hall–Kier alpha value is -1.42. The summed E-state index contributed by atoms with van der Waals surface area (Å²) in [6, 6.07) is 4.49. The molecule has 0 bridgehead atoms. The maximum Gasteiger partial charge on any atom is 0.264 e. The van der Waals surface area contributed by atoms with Crippen molar-refractivity contribution in [2.45, 2.75) is 11.8 Å². The molecule has 0 aliphatic carbocycles. The highest BCUT2D eigenvalue weighted by Gasteiger charge is 2.17. The highest BCUT2D eigenvalue weighted by molar-refractivity contribution is 9.10. The standard InChI is InChI=1S/C11H11BrClN5O2S/c1-6-8(12)2-3-10(16-6)18-21(19,20)7-4-9(13)11(17-14)15-5-7/h2-5H,14H2,1H3,(H,15,17)(H,16,18). The van der Waals surface area contributed by atoms with Crippen LogP contribution < -0.4 is 16.0 Å². The third-order valence-electron chi connectivity index (χ3n) is 2.52. The average Bonchev–Trinajstić information content (AvgIpc) is 2.42. The molecule has 0 aromatic carbocycles. The molecule has 0 spiro atoms. The number of anilines is 2. The molecule has 4 N–H and O–H groups in total. The van der Waals surface area contributed by atoms with Crippen molar-refractivity contribution in [3.8, 4) is 0 Å². The van der Waals surface area contributed by atoms with Gasteiger partial charge in [-0.15, -0.1) is 0 Å². The number of nitrogens with two attached hydrogens (primary N) is 1. The second-order valence-corrected chi connectivity index (χ2v) is 6.96. The van der Waals surface area contributed by atoms with Crippen LogP contribution in [-0.2, 0) is 10.0 Å². The van der Waals surface area contributed by atoms with Crippen LogP contribution in [0.2, 0.25) is 5.02 Å². The van der Waals surface area contributed by atoms with Crippen molar-refractivity contribution in [2.75, 3.05) is 10.1 Å². The van der Waals surface area contributed by atoms with Gasteiger partial charge in [0, 0.05) is 10.7 Å². The molecule has 10 heteroatoms. The van der Waals surface area contributed by atoms with E-state index < -0.39 is 10.0 Å². The summed E-state index contributed by atoms with van der Waals surface area (Å²) in [5.74, 6) is 5.58. The summed E-state index contributed by atoms with van der Waals surface area (Å²) in [6.07, 6.45) is 1.15. The number of nitrogens with zero attached hydrogens (tertiary/aromatic N) is 2. The molecule has 21 heavy (non-hydrogen) atoms. The zero-order valence-electron chi connectivity index (χ0n) is 10.8. The first kappa shape index (κ1) is 16.0. The summed E-state index contributed by atoms with van der Waals surface area (Å²) >= 11 is 9.16. The van der Waals surface area contributed by atoms with Gasteiger partial charge < -0.3 is 5.43 Å². The fourth-order valence-corrected chi connectivity index (χ4v) is 2.95. The largest absolute Gasteiger partial charge is 0.307 e. The predicted octanol–water partition coefficient (Wildman–Crippen LogP) is 2.29. The van der Waals surface area contributed by atoms with Crippen LogP contribution in [0.15, 0.2) is 33.8 Å². The number of hydrogen-bond acceptors (Lipinski definition) is 6. The lowest BCUT2D eigenvalue weighted by molar-refractivity contribution is 0.600. The monoisotopic (exact) mass is 391 g/mol. The number of nitrogens with one attached hydrogen (secondary N) is 2. The van der Waals surface area contributed by atoms with Crippen molar-refractivity contribution in [1.82, 2.24) is 9.97 Å². The summed E-state index contributed by atoms with van der Waals surface area (Å²) in [5, 5.41) is 0.0975. The Morgan fingerprint density at radius 1 is 1.38 bits per heavy atom. The molecule has 0 aliphatic rings. The summed E-state index contributed by atoms with van der Waals surface area (Å²) in [5.41, 5.74) is 2.92. The zero-order valence-corrected chi connectivity index (χ0v) is 13.9. The molecule has 0 amide bonds. The van der Waals surface area contributed by atoms with E-state index in [0.717, 1.165) is 10.7 Å². The lowest BCUT2D eigenvalue weighted by atomic mass is 10.4. The third kappa shape index (κ3) is 3.62. The van der Waals surface area contributed by atoms with Crippen LogP contribution >= 0.6 is 27.5 Å². The van der Waals surface area contributed by atoms with Gasteiger partial charge in [0.15, 0.2) is 5.82 Å². The highest BCUT2D eigenvalue weighted by atomic mass is 79.9. The van der Waals surface area contributed by atoms with Gasteiger partial charge in [0.2, 0.25) is 0 Å². The van der Waals surface area contributed by atoms with Gasteiger partial charge in [0.05, 0.1) is 10.7 Å². The van der Waals surface area contributed by atoms with E-state index in [4.69, 9.17) is 17.4 Å². The van der Waals surface area contributed by atoms with Crippen LogP contribution in [0.4, 0.5) is 11.6 Å². The molecule has 0 atom stereocenters. The van der Waals surface area contributed by atoms with Crippen molar-refractivity contribution in [1.29, 1.82) is 0 Å². The van der Waals surface area contributed by atoms with E-state index in [1.165, 1.54) is 6.07 Å². The number of pyridine rings is 2. The molecule has 2 rings (SSSR count). The van der Waals surface area contributed by atoms with Gasteiger partial charge in [-0.3, -0.25) is 4.72 Å². The minimum Gasteiger partial charge on any atom is -0.307 e. The van der Waals surface area contributed by atoms with E-state index in [1.54, 1.807) is 19.1 Å². The highest BCUT2D eigenvalue weighted by Crippen LogP contribution is 2.23. The van der Waals surface area contributed by atoms with Gasteiger partial charge in [0.25, 0.3) is 10.0 Å². The molecule has 2 aromatic rings. The van der Waals surface area contributed by atoms with Crippen molar-refractivity contribution in [3.05, 3.63) is 39.6 Å². The first-order valence-electron chi connectivity index (χ1n) is 5.61. The van der Waals surface area contributed by atoms with Crippen molar-refractivity contribution in [2.24, 2.45) is 5.84 Å². The minimum absolute atomic E-state index is 0.0890. The molecule has 0 saturated heterocycles. The fraction of sp³-hybridized carbons (Fsp3) is 0.0909. The van der Waals surface area contributed by atoms with E-state index in [0.29, 0.717) is 5.69 Å². The Balaban J connectivity index is 2.33. The van der Waals surface area contributed by atoms with E-state index in [9.17, 15) is 8.42 Å². The molecule has 0 saturated carbocycles. The lowest BCUT2D eigenvalue weighted by Crippen LogP contribution is -2.15. The molecule has 2 heterocycles. The van der Waals surface area contributed by atoms with Crippen LogP contribution in [0.5, 0.6) is 0 Å². The predicted molar refractivity (Wildman–Crippen MR) is 84.5 cm³/mol. The first-order valence-corrected chi connectivity index (χ1v) is 8.27.